The summed E-state index contributed by atoms with van der Waals surface area (Å²) in [6, 6.07) is 11.5. The molecule has 2 aromatic carbocycles. The summed E-state index contributed by atoms with van der Waals surface area (Å²) in [5.41, 5.74) is 2.90. The van der Waals surface area contributed by atoms with E-state index in [0.717, 1.165) is 59.3 Å². The van der Waals surface area contributed by atoms with Crippen molar-refractivity contribution >= 4 is 28.8 Å². The van der Waals surface area contributed by atoms with E-state index in [1.54, 1.807) is 6.07 Å². The van der Waals surface area contributed by atoms with Crippen molar-refractivity contribution in [1.82, 2.24) is 15.0 Å². The van der Waals surface area contributed by atoms with Gasteiger partial charge >= 0.3 is 5.97 Å². The van der Waals surface area contributed by atoms with Crippen LogP contribution in [-0.4, -0.2) is 38.4 Å². The summed E-state index contributed by atoms with van der Waals surface area (Å²) in [5.74, 6) is 1.10. The Morgan fingerprint density at radius 2 is 1.69 bits per heavy atom. The van der Waals surface area contributed by atoms with Crippen molar-refractivity contribution in [3.05, 3.63) is 42.0 Å². The number of hydrogen-bond acceptors (Lipinski definition) is 6. The minimum Gasteiger partial charge on any atom is -0.506 e. The standard InChI is InChI=1S/C28H39N3O3S/c1-20-11-14-25(32)24(17-20)31-29-22-13-12-21(18-23(22)30-31)35-16-10-8-7-9-15-34-26(33)28(5,6)19-27(2,3)4/h11-14,17-18,32H,7-10,15-16,19H2,1-6H3. The fraction of sp³-hybridized carbons (Fsp3) is 0.536. The molecular formula is C28H39N3O3S. The van der Waals surface area contributed by atoms with Crippen LogP contribution in [0.1, 0.15) is 72.3 Å². The molecule has 0 aliphatic heterocycles. The van der Waals surface area contributed by atoms with Crippen molar-refractivity contribution in [3.63, 3.8) is 0 Å². The second-order valence-corrected chi connectivity index (χ2v) is 12.3. The molecule has 0 amide bonds. The number of fused-ring (bicyclic) bond motifs is 1. The number of esters is 1. The van der Waals surface area contributed by atoms with Crippen LogP contribution in [0.2, 0.25) is 0 Å². The van der Waals surface area contributed by atoms with E-state index in [9.17, 15) is 9.90 Å². The Hall–Kier alpha value is -2.54. The Morgan fingerprint density at radius 3 is 2.43 bits per heavy atom. The predicted octanol–water partition coefficient (Wildman–Crippen LogP) is 7.09. The van der Waals surface area contributed by atoms with Crippen molar-refractivity contribution in [1.29, 1.82) is 0 Å². The molecule has 3 aromatic rings. The van der Waals surface area contributed by atoms with Crippen molar-refractivity contribution in [3.8, 4) is 11.4 Å². The molecule has 0 radical (unpaired) electrons. The van der Waals surface area contributed by atoms with Gasteiger partial charge < -0.3 is 9.84 Å². The van der Waals surface area contributed by atoms with Crippen LogP contribution in [0.25, 0.3) is 16.7 Å². The lowest BCUT2D eigenvalue weighted by Crippen LogP contribution is -2.31. The number of aromatic hydroxyl groups is 1. The van der Waals surface area contributed by atoms with Crippen molar-refractivity contribution in [2.45, 2.75) is 78.5 Å². The minimum atomic E-state index is -0.443. The predicted molar refractivity (Wildman–Crippen MR) is 143 cm³/mol. The number of rotatable bonds is 11. The summed E-state index contributed by atoms with van der Waals surface area (Å²) in [6.07, 6.45) is 4.99. The van der Waals surface area contributed by atoms with Gasteiger partial charge in [0.15, 0.2) is 0 Å². The number of carbonyl (C=O) groups is 1. The number of aromatic nitrogens is 3. The number of unbranched alkanes of at least 4 members (excludes halogenated alkanes) is 3. The molecule has 0 fully saturated rings. The van der Waals surface area contributed by atoms with Gasteiger partial charge in [-0.25, -0.2) is 0 Å². The van der Waals surface area contributed by atoms with Crippen LogP contribution >= 0.6 is 11.8 Å². The number of phenols is 1. The van der Waals surface area contributed by atoms with Crippen LogP contribution in [0.4, 0.5) is 0 Å². The van der Waals surface area contributed by atoms with E-state index in [1.165, 1.54) is 4.80 Å². The third kappa shape index (κ3) is 7.99. The fourth-order valence-corrected chi connectivity index (χ4v) is 5.33. The van der Waals surface area contributed by atoms with E-state index in [4.69, 9.17) is 4.74 Å². The molecule has 3 rings (SSSR count). The number of ether oxygens (including phenoxy) is 1. The number of phenolic OH excluding ortho intramolecular Hbond substituents is 1. The van der Waals surface area contributed by atoms with Crippen molar-refractivity contribution in [2.24, 2.45) is 10.8 Å². The molecule has 0 aliphatic carbocycles. The molecule has 190 valence electrons. The molecule has 0 unspecified atom stereocenters. The first-order valence-electron chi connectivity index (χ1n) is 12.4. The molecule has 1 aromatic heterocycles. The molecule has 7 heteroatoms. The zero-order chi connectivity index (χ0) is 25.6. The zero-order valence-electron chi connectivity index (χ0n) is 21.9. The van der Waals surface area contributed by atoms with E-state index in [2.05, 4.69) is 43.1 Å². The number of aryl methyl sites for hydroxylation is 1. The van der Waals surface area contributed by atoms with Gasteiger partial charge in [-0.2, -0.15) is 0 Å². The molecule has 0 saturated carbocycles. The van der Waals surface area contributed by atoms with Crippen molar-refractivity contribution in [2.75, 3.05) is 12.4 Å². The van der Waals surface area contributed by atoms with Gasteiger partial charge in [0.05, 0.1) is 12.0 Å². The van der Waals surface area contributed by atoms with Gasteiger partial charge in [-0.05, 0) is 87.1 Å². The van der Waals surface area contributed by atoms with Gasteiger partial charge in [-0.15, -0.1) is 26.8 Å². The summed E-state index contributed by atoms with van der Waals surface area (Å²) < 4.78 is 5.54. The highest BCUT2D eigenvalue weighted by Gasteiger charge is 2.33. The van der Waals surface area contributed by atoms with Gasteiger partial charge in [0, 0.05) is 4.90 Å². The lowest BCUT2D eigenvalue weighted by Gasteiger charge is -2.30. The third-order valence-electron chi connectivity index (χ3n) is 5.76. The Kier molecular flexibility index (Phi) is 8.86. The topological polar surface area (TPSA) is 77.2 Å². The van der Waals surface area contributed by atoms with Crippen LogP contribution in [0, 0.1) is 17.8 Å². The van der Waals surface area contributed by atoms with Crippen molar-refractivity contribution < 1.29 is 14.6 Å². The number of hydrogen-bond donors (Lipinski definition) is 1. The number of carbonyl (C=O) groups excluding carboxylic acids is 1. The first kappa shape index (κ1) is 27.1. The summed E-state index contributed by atoms with van der Waals surface area (Å²) in [4.78, 5) is 15.1. The minimum absolute atomic E-state index is 0.0899. The average Bonchev–Trinajstić information content (AvgIpc) is 3.18. The largest absolute Gasteiger partial charge is 0.506 e. The molecule has 0 saturated heterocycles. The van der Waals surface area contributed by atoms with E-state index in [0.29, 0.717) is 12.3 Å². The summed E-state index contributed by atoms with van der Waals surface area (Å²) in [6.45, 7) is 12.9. The van der Waals surface area contributed by atoms with Crippen LogP contribution in [0.15, 0.2) is 41.3 Å². The van der Waals surface area contributed by atoms with Gasteiger partial charge in [-0.1, -0.05) is 39.7 Å². The summed E-state index contributed by atoms with van der Waals surface area (Å²) >= 11 is 1.81. The first-order valence-corrected chi connectivity index (χ1v) is 13.4. The number of benzene rings is 2. The molecule has 6 nitrogen and oxygen atoms in total. The highest BCUT2D eigenvalue weighted by Crippen LogP contribution is 2.34. The zero-order valence-corrected chi connectivity index (χ0v) is 22.7. The normalized spacial score (nSPS) is 12.3. The van der Waals surface area contributed by atoms with Crippen LogP contribution in [-0.2, 0) is 9.53 Å². The quantitative estimate of drug-likeness (QED) is 0.173. The second-order valence-electron chi connectivity index (χ2n) is 11.2. The third-order valence-corrected chi connectivity index (χ3v) is 6.84. The van der Waals surface area contributed by atoms with Crippen LogP contribution < -0.4 is 0 Å². The highest BCUT2D eigenvalue weighted by molar-refractivity contribution is 7.99. The SMILES string of the molecule is Cc1ccc(O)c(-n2nc3ccc(SCCCCCCOC(=O)C(C)(C)CC(C)(C)C)cc3n2)c1. The average molecular weight is 498 g/mol. The Balaban J connectivity index is 1.38. The van der Waals surface area contributed by atoms with Gasteiger partial charge in [0.2, 0.25) is 0 Å². The highest BCUT2D eigenvalue weighted by atomic mass is 32.2. The fourth-order valence-electron chi connectivity index (χ4n) is 4.39. The van der Waals surface area contributed by atoms with E-state index in [1.807, 2.05) is 50.7 Å². The Labute approximate surface area is 213 Å². The molecule has 35 heavy (non-hydrogen) atoms. The Morgan fingerprint density at radius 1 is 0.971 bits per heavy atom. The number of nitrogens with zero attached hydrogens (tertiary/aromatic N) is 3. The molecule has 1 heterocycles. The molecule has 0 spiro atoms. The van der Waals surface area contributed by atoms with Gasteiger partial charge in [-0.3, -0.25) is 4.79 Å². The lowest BCUT2D eigenvalue weighted by molar-refractivity contribution is -0.155. The van der Waals surface area contributed by atoms with Gasteiger partial charge in [0.1, 0.15) is 22.5 Å². The molecule has 0 atom stereocenters. The smallest absolute Gasteiger partial charge is 0.311 e. The first-order chi connectivity index (χ1) is 16.4. The van der Waals surface area contributed by atoms with Crippen LogP contribution in [0.5, 0.6) is 5.75 Å². The second kappa shape index (κ2) is 11.5. The van der Waals surface area contributed by atoms with E-state index in [-0.39, 0.29) is 17.1 Å². The van der Waals surface area contributed by atoms with Gasteiger partial charge in [0.25, 0.3) is 0 Å². The maximum atomic E-state index is 12.4. The monoisotopic (exact) mass is 497 g/mol. The van der Waals surface area contributed by atoms with E-state index < -0.39 is 5.41 Å². The number of thioether (sulfide) groups is 1. The Bertz CT molecular complexity index is 1150. The summed E-state index contributed by atoms with van der Waals surface area (Å²) in [7, 11) is 0. The van der Waals surface area contributed by atoms with Crippen LogP contribution in [0.3, 0.4) is 0 Å². The van der Waals surface area contributed by atoms with E-state index >= 15 is 0 Å². The molecular weight excluding hydrogens is 458 g/mol. The maximum absolute atomic E-state index is 12.4. The summed E-state index contributed by atoms with van der Waals surface area (Å²) in [5, 5.41) is 19.2. The maximum Gasteiger partial charge on any atom is 0.311 e. The molecule has 0 bridgehead atoms. The molecule has 0 aliphatic rings. The molecule has 1 N–H and O–H groups in total. The lowest BCUT2D eigenvalue weighted by atomic mass is 9.76.